The Bertz CT molecular complexity index is 784. The van der Waals surface area contributed by atoms with E-state index in [2.05, 4.69) is 22.6 Å². The van der Waals surface area contributed by atoms with Crippen molar-refractivity contribution < 1.29 is 19.1 Å². The lowest BCUT2D eigenvalue weighted by atomic mass is 9.45. The minimum Gasteiger partial charge on any atom is -0.390 e. The minimum atomic E-state index is -1.81. The van der Waals surface area contributed by atoms with E-state index in [-0.39, 0.29) is 29.8 Å². The van der Waals surface area contributed by atoms with Crippen LogP contribution >= 0.6 is 22.6 Å². The van der Waals surface area contributed by atoms with Gasteiger partial charge in [0, 0.05) is 16.7 Å². The molecule has 4 aliphatic carbocycles. The Morgan fingerprint density at radius 3 is 2.81 bits per heavy atom. The molecule has 0 radical (unpaired) electrons. The summed E-state index contributed by atoms with van der Waals surface area (Å²) in [5, 5.41) is 11.1. The van der Waals surface area contributed by atoms with Gasteiger partial charge in [-0.25, -0.2) is 4.39 Å². The molecule has 4 aliphatic rings. The van der Waals surface area contributed by atoms with Crippen LogP contribution in [0.25, 0.3) is 0 Å². The number of fused-ring (bicyclic) bond motifs is 5. The van der Waals surface area contributed by atoms with Gasteiger partial charge in [-0.2, -0.15) is 0 Å². The number of allylic oxidation sites excluding steroid dienone is 6. The van der Waals surface area contributed by atoms with E-state index in [0.29, 0.717) is 23.7 Å². The van der Waals surface area contributed by atoms with E-state index in [4.69, 9.17) is 0 Å². The topological polar surface area (TPSA) is 54.4 Å². The normalized spacial score (nSPS) is 46.8. The minimum absolute atomic E-state index is 0.0159. The summed E-state index contributed by atoms with van der Waals surface area (Å²) in [6.07, 6.45) is 7.69. The van der Waals surface area contributed by atoms with Crippen LogP contribution in [0.5, 0.6) is 0 Å². The van der Waals surface area contributed by atoms with Crippen molar-refractivity contribution in [1.82, 2.24) is 0 Å². The molecule has 3 nitrogen and oxygen atoms in total. The zero-order valence-corrected chi connectivity index (χ0v) is 17.3. The monoisotopic (exact) mass is 470 g/mol. The number of carbonyl (C=O) groups excluding carboxylic acids is 2. The molecule has 5 heteroatoms. The standard InChI is InChI=1S/C21H24FIO3/c1-19-10-18(26)21(22)15(14(19)5-6-16(19)17(25)11-23)4-3-12-9-13(24)7-8-20(12,21)2/h6-9,14-15,18,26H,3-5,10-11H2,1-2H3/t14-,15-,18?,19-,20-,21-/m0/s1. The van der Waals surface area contributed by atoms with Gasteiger partial charge in [0.15, 0.2) is 17.2 Å². The van der Waals surface area contributed by atoms with Crippen molar-refractivity contribution in [2.45, 2.75) is 51.3 Å². The Hall–Kier alpha value is -0.820. The van der Waals surface area contributed by atoms with Crippen LogP contribution in [0, 0.1) is 22.7 Å². The molecular weight excluding hydrogens is 446 g/mol. The first-order valence-corrected chi connectivity index (χ1v) is 10.8. The molecular formula is C21H24FIO3. The van der Waals surface area contributed by atoms with E-state index in [1.807, 2.05) is 19.9 Å². The van der Waals surface area contributed by atoms with Crippen molar-refractivity contribution in [2.24, 2.45) is 22.7 Å². The summed E-state index contributed by atoms with van der Waals surface area (Å²) in [6, 6.07) is 0. The molecule has 0 aromatic carbocycles. The molecule has 26 heavy (non-hydrogen) atoms. The second-order valence-corrected chi connectivity index (χ2v) is 9.44. The molecule has 1 unspecified atom stereocenters. The van der Waals surface area contributed by atoms with Crippen LogP contribution in [0.4, 0.5) is 4.39 Å². The van der Waals surface area contributed by atoms with Gasteiger partial charge in [0.25, 0.3) is 0 Å². The lowest BCUT2D eigenvalue weighted by Crippen LogP contribution is -2.66. The van der Waals surface area contributed by atoms with Crippen LogP contribution in [-0.4, -0.2) is 32.9 Å². The average molecular weight is 470 g/mol. The Labute approximate surface area is 166 Å². The van der Waals surface area contributed by atoms with Crippen molar-refractivity contribution >= 4 is 34.2 Å². The lowest BCUT2D eigenvalue weighted by Gasteiger charge is -2.61. The second kappa shape index (κ2) is 5.84. The summed E-state index contributed by atoms with van der Waals surface area (Å²) in [5.41, 5.74) is -1.66. The molecule has 0 aliphatic heterocycles. The number of Topliss-reactive ketones (excluding diaryl/α,β-unsaturated/α-hetero) is 1. The predicted octanol–water partition coefficient (Wildman–Crippen LogP) is 3.90. The summed E-state index contributed by atoms with van der Waals surface area (Å²) in [4.78, 5) is 24.2. The maximum atomic E-state index is 16.7. The molecule has 0 aromatic rings. The number of aliphatic hydroxyl groups is 1. The number of alkyl halides is 2. The van der Waals surface area contributed by atoms with Crippen molar-refractivity contribution in [1.29, 1.82) is 0 Å². The van der Waals surface area contributed by atoms with Gasteiger partial charge in [0.05, 0.1) is 10.5 Å². The quantitative estimate of drug-likeness (QED) is 0.492. The molecule has 6 atom stereocenters. The van der Waals surface area contributed by atoms with Crippen molar-refractivity contribution in [3.05, 3.63) is 35.5 Å². The summed E-state index contributed by atoms with van der Waals surface area (Å²) in [5.74, 6) is -0.318. The molecule has 0 bridgehead atoms. The fourth-order valence-corrected chi connectivity index (χ4v) is 6.70. The Balaban J connectivity index is 1.79. The first-order chi connectivity index (χ1) is 12.2. The highest BCUT2D eigenvalue weighted by Crippen LogP contribution is 2.67. The van der Waals surface area contributed by atoms with Gasteiger partial charge in [-0.15, -0.1) is 0 Å². The summed E-state index contributed by atoms with van der Waals surface area (Å²) >= 11 is 2.07. The first-order valence-electron chi connectivity index (χ1n) is 9.29. The molecule has 2 saturated carbocycles. The van der Waals surface area contributed by atoms with E-state index < -0.39 is 22.6 Å². The van der Waals surface area contributed by atoms with Gasteiger partial charge in [-0.3, -0.25) is 9.59 Å². The van der Waals surface area contributed by atoms with E-state index >= 15 is 4.39 Å². The van der Waals surface area contributed by atoms with Crippen molar-refractivity contribution in [2.75, 3.05) is 4.43 Å². The highest BCUT2D eigenvalue weighted by Gasteiger charge is 2.69. The predicted molar refractivity (Wildman–Crippen MR) is 106 cm³/mol. The molecule has 0 amide bonds. The molecule has 0 aromatic heterocycles. The first kappa shape index (κ1) is 18.5. The highest BCUT2D eigenvalue weighted by molar-refractivity contribution is 14.1. The van der Waals surface area contributed by atoms with E-state index in [0.717, 1.165) is 11.1 Å². The average Bonchev–Trinajstić information content (AvgIpc) is 2.93. The number of aliphatic hydroxyl groups excluding tert-OH is 1. The fourth-order valence-electron chi connectivity index (χ4n) is 6.29. The van der Waals surface area contributed by atoms with Crippen LogP contribution in [0.3, 0.4) is 0 Å². The smallest absolute Gasteiger partial charge is 0.178 e. The second-order valence-electron chi connectivity index (χ2n) is 8.68. The van der Waals surface area contributed by atoms with Crippen LogP contribution in [0.15, 0.2) is 35.5 Å². The molecule has 0 saturated heterocycles. The van der Waals surface area contributed by atoms with Crippen LogP contribution < -0.4 is 0 Å². The highest BCUT2D eigenvalue weighted by atomic mass is 127. The van der Waals surface area contributed by atoms with Crippen LogP contribution in [0.1, 0.15) is 39.5 Å². The van der Waals surface area contributed by atoms with Gasteiger partial charge in [-0.1, -0.05) is 47.2 Å². The van der Waals surface area contributed by atoms with Crippen molar-refractivity contribution in [3.8, 4) is 0 Å². The number of halogens is 2. The van der Waals surface area contributed by atoms with Crippen LogP contribution in [0.2, 0.25) is 0 Å². The number of hydrogen-bond donors (Lipinski definition) is 1. The maximum absolute atomic E-state index is 16.7. The SMILES string of the molecule is C[C@]12C=CC(=O)C=C1CC[C@H]1[C@@H]3CC=C(C(=O)CI)[C@@]3(C)CC(O)[C@@]12F. The third-order valence-electron chi connectivity index (χ3n) is 7.64. The zero-order valence-electron chi connectivity index (χ0n) is 15.1. The zero-order chi connectivity index (χ0) is 18.9. The summed E-state index contributed by atoms with van der Waals surface area (Å²) in [7, 11) is 0. The maximum Gasteiger partial charge on any atom is 0.178 e. The number of ketones is 2. The van der Waals surface area contributed by atoms with E-state index in [1.165, 1.54) is 6.08 Å². The molecule has 140 valence electrons. The van der Waals surface area contributed by atoms with Crippen molar-refractivity contribution in [3.63, 3.8) is 0 Å². The molecule has 0 spiro atoms. The van der Waals surface area contributed by atoms with E-state index in [1.54, 1.807) is 12.2 Å². The lowest BCUT2D eigenvalue weighted by molar-refractivity contribution is -0.185. The molecule has 1 N–H and O–H groups in total. The van der Waals surface area contributed by atoms with Gasteiger partial charge in [0.2, 0.25) is 0 Å². The Morgan fingerprint density at radius 1 is 1.38 bits per heavy atom. The summed E-state index contributed by atoms with van der Waals surface area (Å²) < 4.78 is 17.1. The third kappa shape index (κ3) is 2.13. The molecule has 4 rings (SSSR count). The fraction of sp³-hybridized carbons (Fsp3) is 0.619. The molecule has 0 heterocycles. The van der Waals surface area contributed by atoms with Crippen LogP contribution in [-0.2, 0) is 9.59 Å². The number of rotatable bonds is 2. The van der Waals surface area contributed by atoms with Gasteiger partial charge < -0.3 is 5.11 Å². The Kier molecular flexibility index (Phi) is 4.16. The third-order valence-corrected chi connectivity index (χ3v) is 8.34. The van der Waals surface area contributed by atoms with Gasteiger partial charge in [-0.05, 0) is 56.3 Å². The van der Waals surface area contributed by atoms with Gasteiger partial charge >= 0.3 is 0 Å². The summed E-state index contributed by atoms with van der Waals surface area (Å²) in [6.45, 7) is 3.84. The largest absolute Gasteiger partial charge is 0.390 e. The Morgan fingerprint density at radius 2 is 2.12 bits per heavy atom. The van der Waals surface area contributed by atoms with E-state index in [9.17, 15) is 14.7 Å². The number of carbonyl (C=O) groups is 2. The van der Waals surface area contributed by atoms with Gasteiger partial charge in [0.1, 0.15) is 0 Å². The number of hydrogen-bond acceptors (Lipinski definition) is 3. The molecule has 2 fully saturated rings.